The fourth-order valence-corrected chi connectivity index (χ4v) is 4.97. The van der Waals surface area contributed by atoms with E-state index in [4.69, 9.17) is 9.84 Å². The first kappa shape index (κ1) is 24.6. The molecule has 0 bridgehead atoms. The van der Waals surface area contributed by atoms with Crippen LogP contribution in [0.3, 0.4) is 0 Å². The van der Waals surface area contributed by atoms with Crippen LogP contribution in [0.2, 0.25) is 0 Å². The zero-order chi connectivity index (χ0) is 25.9. The third-order valence-corrected chi connectivity index (χ3v) is 6.87. The zero-order valence-electron chi connectivity index (χ0n) is 21.9. The van der Waals surface area contributed by atoms with Gasteiger partial charge in [0.2, 0.25) is 0 Å². The fraction of sp³-hybridized carbons (Fsp3) is 0.310. The fourth-order valence-electron chi connectivity index (χ4n) is 4.97. The topological polar surface area (TPSA) is 67.6 Å². The Morgan fingerprint density at radius 2 is 1.84 bits per heavy atom. The lowest BCUT2D eigenvalue weighted by atomic mass is 10.0. The van der Waals surface area contributed by atoms with Gasteiger partial charge < -0.3 is 24.4 Å². The van der Waals surface area contributed by atoms with E-state index in [1.165, 1.54) is 0 Å². The SMILES string of the molecule is COCCCNC(=O)N1Cc2c(C)nn(-c3ccccc3)c2-n2cccc2[C@H]1c1ccc(N(C)C)cc1. The van der Waals surface area contributed by atoms with E-state index < -0.39 is 0 Å². The van der Waals surface area contributed by atoms with Crippen molar-refractivity contribution in [1.29, 1.82) is 0 Å². The van der Waals surface area contributed by atoms with Crippen LogP contribution < -0.4 is 10.2 Å². The number of nitrogens with zero attached hydrogens (tertiary/aromatic N) is 5. The number of aryl methyl sites for hydroxylation is 1. The summed E-state index contributed by atoms with van der Waals surface area (Å²) in [5.41, 5.74) is 6.10. The smallest absolute Gasteiger partial charge is 0.318 e. The number of fused-ring (bicyclic) bond motifs is 3. The van der Waals surface area contributed by atoms with Crippen LogP contribution in [0, 0.1) is 6.92 Å². The van der Waals surface area contributed by atoms with Gasteiger partial charge in [-0.15, -0.1) is 0 Å². The number of aromatic nitrogens is 3. The van der Waals surface area contributed by atoms with E-state index in [0.717, 1.165) is 46.1 Å². The van der Waals surface area contributed by atoms with Crippen molar-refractivity contribution in [3.8, 4) is 11.5 Å². The molecule has 8 heteroatoms. The summed E-state index contributed by atoms with van der Waals surface area (Å²) in [7, 11) is 5.73. The molecule has 1 aliphatic heterocycles. The van der Waals surface area contributed by atoms with Crippen LogP contribution in [0.1, 0.15) is 35.0 Å². The maximum atomic E-state index is 13.7. The van der Waals surface area contributed by atoms with E-state index in [1.807, 2.05) is 54.9 Å². The van der Waals surface area contributed by atoms with Crippen LogP contribution in [0.5, 0.6) is 0 Å². The molecular formula is C29H34N6O2. The molecule has 4 aromatic rings. The number of hydrogen-bond acceptors (Lipinski definition) is 4. The van der Waals surface area contributed by atoms with Crippen molar-refractivity contribution in [2.45, 2.75) is 25.9 Å². The molecule has 0 aliphatic carbocycles. The van der Waals surface area contributed by atoms with Crippen molar-refractivity contribution < 1.29 is 9.53 Å². The Morgan fingerprint density at radius 1 is 1.08 bits per heavy atom. The number of benzene rings is 2. The predicted octanol–water partition coefficient (Wildman–Crippen LogP) is 4.69. The van der Waals surface area contributed by atoms with Crippen LogP contribution in [0.4, 0.5) is 10.5 Å². The normalized spacial score (nSPS) is 14.6. The summed E-state index contributed by atoms with van der Waals surface area (Å²) in [6, 6.07) is 22.3. The maximum absolute atomic E-state index is 13.7. The molecule has 3 heterocycles. The molecule has 5 rings (SSSR count). The Morgan fingerprint density at radius 3 is 2.54 bits per heavy atom. The average molecular weight is 499 g/mol. The second-order valence-electron chi connectivity index (χ2n) is 9.53. The van der Waals surface area contributed by atoms with Gasteiger partial charge in [0.25, 0.3) is 0 Å². The van der Waals surface area contributed by atoms with Crippen molar-refractivity contribution in [3.63, 3.8) is 0 Å². The van der Waals surface area contributed by atoms with Crippen LogP contribution >= 0.6 is 0 Å². The number of ether oxygens (including phenoxy) is 1. The van der Waals surface area contributed by atoms with E-state index in [0.29, 0.717) is 19.7 Å². The molecule has 2 aromatic carbocycles. The van der Waals surface area contributed by atoms with E-state index in [9.17, 15) is 4.79 Å². The number of anilines is 1. The van der Waals surface area contributed by atoms with Crippen molar-refractivity contribution >= 4 is 11.7 Å². The van der Waals surface area contributed by atoms with Crippen LogP contribution in [0.15, 0.2) is 72.9 Å². The van der Waals surface area contributed by atoms with Gasteiger partial charge in [0.15, 0.2) is 0 Å². The molecule has 1 aliphatic rings. The van der Waals surface area contributed by atoms with Gasteiger partial charge in [0.1, 0.15) is 5.82 Å². The van der Waals surface area contributed by atoms with Crippen LogP contribution in [-0.2, 0) is 11.3 Å². The number of nitrogens with one attached hydrogen (secondary N) is 1. The van der Waals surface area contributed by atoms with E-state index >= 15 is 0 Å². The summed E-state index contributed by atoms with van der Waals surface area (Å²) < 4.78 is 9.34. The van der Waals surface area contributed by atoms with E-state index in [2.05, 4.69) is 63.4 Å². The first-order valence-corrected chi connectivity index (χ1v) is 12.6. The van der Waals surface area contributed by atoms with Gasteiger partial charge in [0.05, 0.1) is 29.7 Å². The Hall–Kier alpha value is -4.04. The lowest BCUT2D eigenvalue weighted by Crippen LogP contribution is -2.42. The first-order chi connectivity index (χ1) is 18.0. The second-order valence-corrected chi connectivity index (χ2v) is 9.53. The molecule has 0 radical (unpaired) electrons. The number of amides is 2. The minimum Gasteiger partial charge on any atom is -0.385 e. The summed E-state index contributed by atoms with van der Waals surface area (Å²) in [6.07, 6.45) is 2.82. The monoisotopic (exact) mass is 498 g/mol. The van der Waals surface area contributed by atoms with Gasteiger partial charge in [-0.25, -0.2) is 9.48 Å². The molecule has 1 atom stereocenters. The summed E-state index contributed by atoms with van der Waals surface area (Å²) in [5.74, 6) is 0.966. The minimum atomic E-state index is -0.273. The number of methoxy groups -OCH3 is 1. The molecule has 8 nitrogen and oxygen atoms in total. The molecule has 0 saturated carbocycles. The summed E-state index contributed by atoms with van der Waals surface area (Å²) in [5, 5.41) is 8.03. The molecule has 2 amide bonds. The number of urea groups is 1. The predicted molar refractivity (Wildman–Crippen MR) is 146 cm³/mol. The molecule has 2 aromatic heterocycles. The number of hydrogen-bond donors (Lipinski definition) is 1. The number of rotatable bonds is 7. The van der Waals surface area contributed by atoms with Gasteiger partial charge in [-0.1, -0.05) is 30.3 Å². The lowest BCUT2D eigenvalue weighted by molar-refractivity contribution is 0.174. The number of carbonyl (C=O) groups excluding carboxylic acids is 1. The highest BCUT2D eigenvalue weighted by molar-refractivity contribution is 5.76. The molecule has 0 saturated heterocycles. The molecule has 0 fully saturated rings. The van der Waals surface area contributed by atoms with Gasteiger partial charge >= 0.3 is 6.03 Å². The number of para-hydroxylation sites is 1. The van der Waals surface area contributed by atoms with Crippen LogP contribution in [-0.4, -0.2) is 59.6 Å². The molecular weight excluding hydrogens is 464 g/mol. The van der Waals surface area contributed by atoms with Crippen LogP contribution in [0.25, 0.3) is 11.5 Å². The lowest BCUT2D eigenvalue weighted by Gasteiger charge is -2.31. The Kier molecular flexibility index (Phi) is 7.01. The minimum absolute atomic E-state index is 0.106. The molecule has 0 unspecified atom stereocenters. The van der Waals surface area contributed by atoms with Crippen molar-refractivity contribution in [2.75, 3.05) is 39.3 Å². The summed E-state index contributed by atoms with van der Waals surface area (Å²) in [4.78, 5) is 17.7. The third kappa shape index (κ3) is 4.72. The molecule has 0 spiro atoms. The van der Waals surface area contributed by atoms with Gasteiger partial charge in [-0.2, -0.15) is 5.10 Å². The summed E-state index contributed by atoms with van der Waals surface area (Å²) >= 11 is 0. The molecule has 192 valence electrons. The van der Waals surface area contributed by atoms with Gasteiger partial charge in [-0.05, 0) is 55.3 Å². The van der Waals surface area contributed by atoms with E-state index in [-0.39, 0.29) is 12.1 Å². The highest BCUT2D eigenvalue weighted by Crippen LogP contribution is 2.38. The highest BCUT2D eigenvalue weighted by Gasteiger charge is 2.35. The third-order valence-electron chi connectivity index (χ3n) is 6.87. The highest BCUT2D eigenvalue weighted by atomic mass is 16.5. The van der Waals surface area contributed by atoms with Crippen molar-refractivity contribution in [3.05, 3.63) is 95.4 Å². The quantitative estimate of drug-likeness (QED) is 0.376. The second kappa shape index (κ2) is 10.5. The molecule has 1 N–H and O–H groups in total. The Labute approximate surface area is 218 Å². The zero-order valence-corrected chi connectivity index (χ0v) is 21.9. The van der Waals surface area contributed by atoms with Crippen molar-refractivity contribution in [1.82, 2.24) is 24.6 Å². The van der Waals surface area contributed by atoms with Gasteiger partial charge in [-0.3, -0.25) is 0 Å². The largest absolute Gasteiger partial charge is 0.385 e. The number of carbonyl (C=O) groups is 1. The average Bonchev–Trinajstić information content (AvgIpc) is 3.47. The first-order valence-electron chi connectivity index (χ1n) is 12.6. The van der Waals surface area contributed by atoms with E-state index in [1.54, 1.807) is 7.11 Å². The Balaban J connectivity index is 1.64. The Bertz CT molecular complexity index is 1360. The van der Waals surface area contributed by atoms with Crippen molar-refractivity contribution in [2.24, 2.45) is 0 Å². The summed E-state index contributed by atoms with van der Waals surface area (Å²) in [6.45, 7) is 3.60. The molecule has 37 heavy (non-hydrogen) atoms. The van der Waals surface area contributed by atoms with Gasteiger partial charge in [0, 0.05) is 51.8 Å². The maximum Gasteiger partial charge on any atom is 0.318 e. The standard InChI is InChI=1S/C29H34N6O2/c1-21-25-20-34(29(36)30-17-9-19-37-4)27(22-13-15-23(16-14-22)32(2)3)26-12-8-18-33(26)28(25)35(31-21)24-10-6-5-7-11-24/h5-8,10-16,18,27H,9,17,19-20H2,1-4H3,(H,30,36)/t27-/m1/s1.